The summed E-state index contributed by atoms with van der Waals surface area (Å²) in [5, 5.41) is 6.76. The van der Waals surface area contributed by atoms with Crippen molar-refractivity contribution in [3.05, 3.63) is 0 Å². The van der Waals surface area contributed by atoms with Gasteiger partial charge in [0.1, 0.15) is 0 Å². The molecule has 84 valence electrons. The number of nitrogens with one attached hydrogen (secondary N) is 1. The zero-order valence-corrected chi connectivity index (χ0v) is 9.79. The Kier molecular flexibility index (Phi) is 13.1. The number of hydrogen-bond donors (Lipinski definition) is 1. The topological polar surface area (TPSA) is 47.4 Å². The van der Waals surface area contributed by atoms with Crippen LogP contribution in [-0.4, -0.2) is 48.7 Å². The molecule has 0 aliphatic heterocycles. The Morgan fingerprint density at radius 3 is 1.29 bits per heavy atom. The van der Waals surface area contributed by atoms with Gasteiger partial charge in [-0.15, -0.1) is 0 Å². The summed E-state index contributed by atoms with van der Waals surface area (Å²) >= 11 is 0. The molecule has 14 heavy (non-hydrogen) atoms. The summed E-state index contributed by atoms with van der Waals surface area (Å²) in [5.74, 6) is 0. The molecule has 0 rings (SSSR count). The third kappa shape index (κ3) is 9.03. The third-order valence-corrected chi connectivity index (χ3v) is 1.96. The van der Waals surface area contributed by atoms with Crippen molar-refractivity contribution in [2.45, 2.75) is 27.7 Å². The van der Waals surface area contributed by atoms with Crippen LogP contribution in [-0.2, 0) is 4.79 Å². The van der Waals surface area contributed by atoms with E-state index in [2.05, 4.69) is 0 Å². The van der Waals surface area contributed by atoms with Crippen LogP contribution in [0.5, 0.6) is 0 Å². The molecule has 0 saturated heterocycles. The molecular weight excluding hydrogens is 178 g/mol. The van der Waals surface area contributed by atoms with Crippen LogP contribution >= 0.6 is 0 Å². The monoisotopic (exact) mass is 201 g/mol. The van der Waals surface area contributed by atoms with E-state index in [9.17, 15) is 4.79 Å². The van der Waals surface area contributed by atoms with Crippen LogP contribution < -0.4 is 0 Å². The zero-order chi connectivity index (χ0) is 11.4. The van der Waals surface area contributed by atoms with Gasteiger partial charge in [0, 0.05) is 26.2 Å². The molecule has 0 atom stereocenters. The average Bonchev–Trinajstić information content (AvgIpc) is 2.24. The smallest absolute Gasteiger partial charge is 0.209 e. The van der Waals surface area contributed by atoms with Crippen molar-refractivity contribution < 1.29 is 4.79 Å². The molecule has 0 aliphatic carbocycles. The second-order valence-corrected chi connectivity index (χ2v) is 2.68. The molecule has 0 aromatic carbocycles. The molecule has 0 fully saturated rings. The Balaban J connectivity index is 0. The minimum Gasteiger partial charge on any atom is -0.364 e. The molecule has 0 saturated carbocycles. The van der Waals surface area contributed by atoms with Gasteiger partial charge < -0.3 is 9.80 Å². The summed E-state index contributed by atoms with van der Waals surface area (Å²) in [6.45, 7) is 11.5. The summed E-state index contributed by atoms with van der Waals surface area (Å²) in [6.07, 6.45) is 2.22. The van der Waals surface area contributed by atoms with Crippen molar-refractivity contribution in [3.8, 4) is 0 Å². The molecule has 0 radical (unpaired) electrons. The molecule has 4 nitrogen and oxygen atoms in total. The van der Waals surface area contributed by atoms with Gasteiger partial charge in [0.15, 0.2) is 0 Å². The van der Waals surface area contributed by atoms with E-state index in [-0.39, 0.29) is 0 Å². The third-order valence-electron chi connectivity index (χ3n) is 1.96. The molecule has 0 bridgehead atoms. The number of nitrogens with zero attached hydrogens (tertiary/aromatic N) is 2. The van der Waals surface area contributed by atoms with Gasteiger partial charge >= 0.3 is 0 Å². The summed E-state index contributed by atoms with van der Waals surface area (Å²) in [5.41, 5.74) is 0. The van der Waals surface area contributed by atoms with E-state index in [1.54, 1.807) is 4.90 Å². The van der Waals surface area contributed by atoms with E-state index in [1.807, 2.05) is 32.6 Å². The van der Waals surface area contributed by atoms with E-state index >= 15 is 0 Å². The molecule has 0 unspecified atom stereocenters. The predicted molar refractivity (Wildman–Crippen MR) is 60.7 cm³/mol. The maximum absolute atomic E-state index is 9.89. The standard InChI is InChI=1S/C5H12N2.C5H11NO/c1-3-7(4-2)5-6;1-3-6(4-2)5-7/h5-6H,3-4H2,1-2H3;5H,3-4H2,1-2H3. The number of carbonyl (C=O) groups excluding carboxylic acids is 1. The minimum absolute atomic E-state index is 0.819. The van der Waals surface area contributed by atoms with Crippen LogP contribution in [0, 0.1) is 5.41 Å². The minimum atomic E-state index is 0.819. The van der Waals surface area contributed by atoms with Gasteiger partial charge in [-0.2, -0.15) is 0 Å². The highest BCUT2D eigenvalue weighted by atomic mass is 16.1. The lowest BCUT2D eigenvalue weighted by atomic mass is 10.6. The van der Waals surface area contributed by atoms with Gasteiger partial charge in [-0.1, -0.05) is 0 Å². The van der Waals surface area contributed by atoms with E-state index in [4.69, 9.17) is 5.41 Å². The fourth-order valence-corrected chi connectivity index (χ4v) is 0.779. The molecule has 0 heterocycles. The molecule has 4 heteroatoms. The Bertz CT molecular complexity index is 115. The lowest BCUT2D eigenvalue weighted by Gasteiger charge is -2.11. The predicted octanol–water partition coefficient (Wildman–Crippen LogP) is 1.42. The SMILES string of the molecule is CCN(C=N)CC.CCN(C=O)CC. The van der Waals surface area contributed by atoms with E-state index < -0.39 is 0 Å². The Morgan fingerprint density at radius 2 is 1.29 bits per heavy atom. The number of amides is 1. The second-order valence-electron chi connectivity index (χ2n) is 2.68. The summed E-state index contributed by atoms with van der Waals surface area (Å²) in [6, 6.07) is 0. The summed E-state index contributed by atoms with van der Waals surface area (Å²) < 4.78 is 0. The van der Waals surface area contributed by atoms with Crippen molar-refractivity contribution in [2.24, 2.45) is 0 Å². The molecular formula is C10H23N3O. The molecule has 1 amide bonds. The highest BCUT2D eigenvalue weighted by molar-refractivity contribution is 5.50. The maximum atomic E-state index is 9.89. The summed E-state index contributed by atoms with van der Waals surface area (Å²) in [4.78, 5) is 13.5. The first kappa shape index (κ1) is 15.4. The molecule has 0 spiro atoms. The first-order valence-corrected chi connectivity index (χ1v) is 5.13. The highest BCUT2D eigenvalue weighted by Crippen LogP contribution is 1.76. The van der Waals surface area contributed by atoms with Crippen LogP contribution in [0.15, 0.2) is 0 Å². The molecule has 0 aromatic heterocycles. The van der Waals surface area contributed by atoms with Gasteiger partial charge in [-0.05, 0) is 27.7 Å². The molecule has 1 N–H and O–H groups in total. The highest BCUT2D eigenvalue weighted by Gasteiger charge is 1.87. The quantitative estimate of drug-likeness (QED) is 0.401. The first-order chi connectivity index (χ1) is 6.69. The number of hydrogen-bond acceptors (Lipinski definition) is 2. The van der Waals surface area contributed by atoms with Crippen LogP contribution in [0.2, 0.25) is 0 Å². The zero-order valence-electron chi connectivity index (χ0n) is 9.79. The van der Waals surface area contributed by atoms with Crippen molar-refractivity contribution in [2.75, 3.05) is 26.2 Å². The molecule has 0 aromatic rings. The first-order valence-electron chi connectivity index (χ1n) is 5.13. The van der Waals surface area contributed by atoms with Gasteiger partial charge in [0.25, 0.3) is 0 Å². The van der Waals surface area contributed by atoms with Crippen LogP contribution in [0.25, 0.3) is 0 Å². The Hall–Kier alpha value is -1.06. The van der Waals surface area contributed by atoms with Crippen LogP contribution in [0.4, 0.5) is 0 Å². The Labute approximate surface area is 87.4 Å². The molecule has 0 aliphatic rings. The maximum Gasteiger partial charge on any atom is 0.209 e. The van der Waals surface area contributed by atoms with Gasteiger partial charge in [0.05, 0.1) is 6.34 Å². The van der Waals surface area contributed by atoms with E-state index in [0.717, 1.165) is 32.6 Å². The lowest BCUT2D eigenvalue weighted by Crippen LogP contribution is -2.19. The Morgan fingerprint density at radius 1 is 0.929 bits per heavy atom. The largest absolute Gasteiger partial charge is 0.364 e. The average molecular weight is 201 g/mol. The normalized spacial score (nSPS) is 8.29. The van der Waals surface area contributed by atoms with Crippen molar-refractivity contribution in [3.63, 3.8) is 0 Å². The van der Waals surface area contributed by atoms with Gasteiger partial charge in [0.2, 0.25) is 6.41 Å². The fourth-order valence-electron chi connectivity index (χ4n) is 0.779. The van der Waals surface area contributed by atoms with Gasteiger partial charge in [-0.25, -0.2) is 0 Å². The van der Waals surface area contributed by atoms with Crippen molar-refractivity contribution in [1.29, 1.82) is 5.41 Å². The van der Waals surface area contributed by atoms with Crippen molar-refractivity contribution >= 4 is 12.7 Å². The number of rotatable bonds is 6. The number of carbonyl (C=O) groups is 1. The second kappa shape index (κ2) is 11.9. The van der Waals surface area contributed by atoms with Gasteiger partial charge in [-0.3, -0.25) is 10.2 Å². The van der Waals surface area contributed by atoms with Crippen LogP contribution in [0.3, 0.4) is 0 Å². The summed E-state index contributed by atoms with van der Waals surface area (Å²) in [7, 11) is 0. The van der Waals surface area contributed by atoms with E-state index in [0.29, 0.717) is 0 Å². The lowest BCUT2D eigenvalue weighted by molar-refractivity contribution is -0.117. The fraction of sp³-hybridized carbons (Fsp3) is 0.800. The van der Waals surface area contributed by atoms with Crippen molar-refractivity contribution in [1.82, 2.24) is 9.80 Å². The van der Waals surface area contributed by atoms with E-state index in [1.165, 1.54) is 6.34 Å². The van der Waals surface area contributed by atoms with Crippen LogP contribution in [0.1, 0.15) is 27.7 Å².